The number of nitrogens with one attached hydrogen (secondary N) is 1. The molecule has 1 unspecified atom stereocenters. The van der Waals surface area contributed by atoms with Crippen molar-refractivity contribution in [3.05, 3.63) is 52.2 Å². The number of rotatable bonds is 2. The van der Waals surface area contributed by atoms with Crippen LogP contribution in [-0.4, -0.2) is 27.9 Å². The molecule has 3 atom stereocenters. The lowest BCUT2D eigenvalue weighted by atomic mass is 9.66. The fourth-order valence-corrected chi connectivity index (χ4v) is 7.36. The predicted molar refractivity (Wildman–Crippen MR) is 119 cm³/mol. The van der Waals surface area contributed by atoms with E-state index >= 15 is 0 Å². The first kappa shape index (κ1) is 17.2. The van der Waals surface area contributed by atoms with Crippen LogP contribution < -0.4 is 5.32 Å². The van der Waals surface area contributed by atoms with Crippen molar-refractivity contribution >= 4 is 28.4 Å². The van der Waals surface area contributed by atoms with Crippen LogP contribution in [0.25, 0.3) is 16.6 Å². The van der Waals surface area contributed by atoms with Gasteiger partial charge in [0.2, 0.25) is 0 Å². The van der Waals surface area contributed by atoms with Gasteiger partial charge in [-0.2, -0.15) is 0 Å². The molecule has 0 aliphatic carbocycles. The zero-order valence-corrected chi connectivity index (χ0v) is 17.9. The predicted octanol–water partition coefficient (Wildman–Crippen LogP) is 5.50. The lowest BCUT2D eigenvalue weighted by Crippen LogP contribution is -2.51. The fourth-order valence-electron chi connectivity index (χ4n) is 6.24. The molecule has 28 heavy (non-hydrogen) atoms. The van der Waals surface area contributed by atoms with Crippen molar-refractivity contribution < 1.29 is 0 Å². The molecular weight excluding hydrogens is 362 g/mol. The van der Waals surface area contributed by atoms with E-state index in [0.717, 1.165) is 0 Å². The molecule has 1 fully saturated rings. The van der Waals surface area contributed by atoms with Crippen molar-refractivity contribution in [1.82, 2.24) is 14.8 Å². The van der Waals surface area contributed by atoms with Gasteiger partial charge in [-0.1, -0.05) is 43.0 Å². The maximum Gasteiger partial charge on any atom is 0.117 e. The van der Waals surface area contributed by atoms with Gasteiger partial charge in [-0.25, -0.2) is 0 Å². The fraction of sp³-hybridized carbons (Fsp3) is 0.500. The first-order valence-corrected chi connectivity index (χ1v) is 11.7. The summed E-state index contributed by atoms with van der Waals surface area (Å²) in [6, 6.07) is 9.66. The van der Waals surface area contributed by atoms with Crippen LogP contribution in [0, 0.1) is 5.41 Å². The number of para-hydroxylation sites is 1. The third kappa shape index (κ3) is 2.11. The topological polar surface area (TPSA) is 20.2 Å². The zero-order valence-electron chi connectivity index (χ0n) is 17.1. The summed E-state index contributed by atoms with van der Waals surface area (Å²) in [6.07, 6.45) is 7.74. The van der Waals surface area contributed by atoms with Crippen molar-refractivity contribution in [2.45, 2.75) is 57.9 Å². The average molecular weight is 392 g/mol. The van der Waals surface area contributed by atoms with E-state index in [4.69, 9.17) is 0 Å². The largest absolute Gasteiger partial charge is 0.371 e. The molecule has 6 rings (SSSR count). The monoisotopic (exact) mass is 391 g/mol. The molecule has 0 spiro atoms. The summed E-state index contributed by atoms with van der Waals surface area (Å²) in [5, 5.41) is 5.59. The minimum atomic E-state index is 0.278. The molecule has 0 radical (unpaired) electrons. The van der Waals surface area contributed by atoms with Crippen molar-refractivity contribution in [3.63, 3.8) is 0 Å². The second-order valence-electron chi connectivity index (χ2n) is 8.99. The van der Waals surface area contributed by atoms with Gasteiger partial charge in [0.05, 0.1) is 17.3 Å². The van der Waals surface area contributed by atoms with Crippen LogP contribution in [-0.2, 0) is 6.42 Å². The molecule has 1 aromatic heterocycles. The molecule has 5 heterocycles. The normalized spacial score (nSPS) is 31.8. The number of piperidine rings is 1. The Bertz CT molecular complexity index is 1030. The van der Waals surface area contributed by atoms with Gasteiger partial charge in [0.1, 0.15) is 5.37 Å². The van der Waals surface area contributed by atoms with Crippen LogP contribution in [0.1, 0.15) is 57.3 Å². The molecule has 1 N–H and O–H groups in total. The molecule has 0 bridgehead atoms. The highest BCUT2D eigenvalue weighted by atomic mass is 32.2. The minimum absolute atomic E-state index is 0.278. The number of hydrogen-bond acceptors (Lipinski definition) is 3. The van der Waals surface area contributed by atoms with E-state index in [9.17, 15) is 0 Å². The first-order chi connectivity index (χ1) is 13.6. The summed E-state index contributed by atoms with van der Waals surface area (Å²) in [5.41, 5.74) is 7.71. The van der Waals surface area contributed by atoms with Gasteiger partial charge in [0.15, 0.2) is 0 Å². The lowest BCUT2D eigenvalue weighted by Gasteiger charge is -2.54. The lowest BCUT2D eigenvalue weighted by molar-refractivity contribution is 0.0268. The second kappa shape index (κ2) is 5.93. The molecule has 3 nitrogen and oxygen atoms in total. The SMILES string of the molecule is CC[C@@]12C=C(C3NC(C)=C(C)S3)n3c4c(c5ccccc53)CCN(CCC1)[C@H]42. The Balaban J connectivity index is 1.64. The van der Waals surface area contributed by atoms with E-state index in [1.54, 1.807) is 11.3 Å². The van der Waals surface area contributed by atoms with Gasteiger partial charge in [0, 0.05) is 33.6 Å². The standard InChI is InChI=1S/C24H29N3S/c1-4-24-11-7-12-26-13-10-18-17-8-5-6-9-19(17)27(21(18)22(24)26)20(14-24)23-25-15(2)16(3)28-23/h5-6,8-9,14,22-23,25H,4,7,10-13H2,1-3H3/t22-,23?,24+/m1/s1. The summed E-state index contributed by atoms with van der Waals surface area (Å²) in [7, 11) is 0. The minimum Gasteiger partial charge on any atom is -0.371 e. The molecule has 4 aliphatic rings. The van der Waals surface area contributed by atoms with Gasteiger partial charge in [-0.3, -0.25) is 4.90 Å². The Hall–Kier alpha value is -1.65. The van der Waals surface area contributed by atoms with Crippen LogP contribution in [0.4, 0.5) is 0 Å². The molecule has 2 aromatic rings. The summed E-state index contributed by atoms with van der Waals surface area (Å²) in [4.78, 5) is 4.22. The van der Waals surface area contributed by atoms with Gasteiger partial charge in [-0.15, -0.1) is 0 Å². The van der Waals surface area contributed by atoms with Crippen LogP contribution >= 0.6 is 11.8 Å². The first-order valence-electron chi connectivity index (χ1n) is 10.8. The van der Waals surface area contributed by atoms with E-state index in [0.29, 0.717) is 11.4 Å². The maximum atomic E-state index is 3.79. The van der Waals surface area contributed by atoms with Gasteiger partial charge < -0.3 is 9.88 Å². The Morgan fingerprint density at radius 1 is 1.21 bits per heavy atom. The zero-order chi connectivity index (χ0) is 19.0. The Labute approximate surface area is 171 Å². The average Bonchev–Trinajstić information content (AvgIpc) is 3.24. The number of benzene rings is 1. The Kier molecular flexibility index (Phi) is 3.65. The molecule has 1 saturated heterocycles. The van der Waals surface area contributed by atoms with Gasteiger partial charge in [-0.05, 0) is 57.7 Å². The number of fused-ring (bicyclic) bond motifs is 3. The third-order valence-corrected chi connectivity index (χ3v) is 8.97. The van der Waals surface area contributed by atoms with E-state index in [1.807, 2.05) is 11.8 Å². The Morgan fingerprint density at radius 3 is 2.86 bits per heavy atom. The third-order valence-electron chi connectivity index (χ3n) is 7.72. The number of allylic oxidation sites excluding steroid dienone is 2. The van der Waals surface area contributed by atoms with Crippen LogP contribution in [0.5, 0.6) is 0 Å². The molecule has 4 heteroatoms. The number of thioether (sulfide) groups is 1. The summed E-state index contributed by atoms with van der Waals surface area (Å²) >= 11 is 1.99. The van der Waals surface area contributed by atoms with E-state index in [2.05, 4.69) is 65.9 Å². The van der Waals surface area contributed by atoms with E-state index < -0.39 is 0 Å². The summed E-state index contributed by atoms with van der Waals surface area (Å²) in [6.45, 7) is 9.35. The van der Waals surface area contributed by atoms with Crippen LogP contribution in [0.3, 0.4) is 0 Å². The highest BCUT2D eigenvalue weighted by Gasteiger charge is 2.51. The highest BCUT2D eigenvalue weighted by Crippen LogP contribution is 2.58. The highest BCUT2D eigenvalue weighted by molar-refractivity contribution is 8.04. The van der Waals surface area contributed by atoms with Gasteiger partial charge >= 0.3 is 0 Å². The van der Waals surface area contributed by atoms with Crippen molar-refractivity contribution in [3.8, 4) is 0 Å². The molecular formula is C24H29N3S. The van der Waals surface area contributed by atoms with Crippen molar-refractivity contribution in [2.24, 2.45) is 5.41 Å². The number of aromatic nitrogens is 1. The molecule has 146 valence electrons. The molecule has 4 aliphatic heterocycles. The summed E-state index contributed by atoms with van der Waals surface area (Å²) < 4.78 is 2.65. The van der Waals surface area contributed by atoms with E-state index in [1.165, 1.54) is 66.0 Å². The van der Waals surface area contributed by atoms with Crippen molar-refractivity contribution in [2.75, 3.05) is 13.1 Å². The van der Waals surface area contributed by atoms with Crippen molar-refractivity contribution in [1.29, 1.82) is 0 Å². The molecule has 0 amide bonds. The molecule has 1 aromatic carbocycles. The maximum absolute atomic E-state index is 3.79. The quantitative estimate of drug-likeness (QED) is 0.730. The van der Waals surface area contributed by atoms with Crippen LogP contribution in [0.2, 0.25) is 0 Å². The van der Waals surface area contributed by atoms with E-state index in [-0.39, 0.29) is 5.41 Å². The Morgan fingerprint density at radius 2 is 2.07 bits per heavy atom. The number of nitrogens with zero attached hydrogens (tertiary/aromatic N) is 2. The molecule has 0 saturated carbocycles. The number of hydrogen-bond donors (Lipinski definition) is 1. The van der Waals surface area contributed by atoms with Crippen LogP contribution in [0.15, 0.2) is 40.9 Å². The second-order valence-corrected chi connectivity index (χ2v) is 10.3. The smallest absolute Gasteiger partial charge is 0.117 e. The van der Waals surface area contributed by atoms with Gasteiger partial charge in [0.25, 0.3) is 0 Å². The summed E-state index contributed by atoms with van der Waals surface area (Å²) in [5.74, 6) is 0.